The highest BCUT2D eigenvalue weighted by Gasteiger charge is 2.09. The number of hydrogen-bond donors (Lipinski definition) is 1. The molecule has 0 aliphatic carbocycles. The maximum atomic E-state index is 12.2. The second-order valence-corrected chi connectivity index (χ2v) is 5.60. The molecule has 0 spiro atoms. The molecule has 4 heteroatoms. The molecule has 20 heavy (non-hydrogen) atoms. The van der Waals surface area contributed by atoms with E-state index in [1.165, 1.54) is 11.3 Å². The summed E-state index contributed by atoms with van der Waals surface area (Å²) in [6.45, 7) is 0. The van der Waals surface area contributed by atoms with Gasteiger partial charge in [0, 0.05) is 18.2 Å². The second kappa shape index (κ2) is 5.43. The van der Waals surface area contributed by atoms with Crippen molar-refractivity contribution in [3.63, 3.8) is 0 Å². The maximum Gasteiger partial charge on any atom is 0.180 e. The van der Waals surface area contributed by atoms with Crippen LogP contribution in [0.5, 0.6) is 0 Å². The normalized spacial score (nSPS) is 10.8. The number of nitrogens with zero attached hydrogens (tertiary/aromatic N) is 1. The number of rotatable bonds is 4. The first kappa shape index (κ1) is 12.8. The van der Waals surface area contributed by atoms with Crippen molar-refractivity contribution in [2.24, 2.45) is 0 Å². The summed E-state index contributed by atoms with van der Waals surface area (Å²) in [5.74, 6) is 0.159. The van der Waals surface area contributed by atoms with Crippen LogP contribution in [-0.2, 0) is 17.6 Å². The highest BCUT2D eigenvalue weighted by molar-refractivity contribution is 7.13. The summed E-state index contributed by atoms with van der Waals surface area (Å²) >= 11 is 1.37. The van der Waals surface area contributed by atoms with Gasteiger partial charge in [-0.1, -0.05) is 42.5 Å². The van der Waals surface area contributed by atoms with E-state index < -0.39 is 0 Å². The van der Waals surface area contributed by atoms with Crippen molar-refractivity contribution in [1.29, 1.82) is 0 Å². The van der Waals surface area contributed by atoms with Gasteiger partial charge in [-0.15, -0.1) is 11.3 Å². The number of nitrogen functional groups attached to an aromatic ring is 1. The van der Waals surface area contributed by atoms with Crippen molar-refractivity contribution in [2.75, 3.05) is 5.73 Å². The number of ketones is 1. The third-order valence-corrected chi connectivity index (χ3v) is 3.94. The Morgan fingerprint density at radius 1 is 1.10 bits per heavy atom. The number of hydrogen-bond acceptors (Lipinski definition) is 4. The minimum absolute atomic E-state index is 0.159. The minimum Gasteiger partial charge on any atom is -0.375 e. The molecule has 0 fully saturated rings. The first-order valence-electron chi connectivity index (χ1n) is 6.40. The van der Waals surface area contributed by atoms with Gasteiger partial charge >= 0.3 is 0 Å². The van der Waals surface area contributed by atoms with Crippen LogP contribution in [0.4, 0.5) is 5.13 Å². The Hall–Kier alpha value is -2.20. The van der Waals surface area contributed by atoms with Crippen LogP contribution in [-0.4, -0.2) is 10.8 Å². The number of nitrogens with two attached hydrogens (primary N) is 1. The molecule has 0 saturated heterocycles. The lowest BCUT2D eigenvalue weighted by Crippen LogP contribution is -2.07. The monoisotopic (exact) mass is 282 g/mol. The largest absolute Gasteiger partial charge is 0.375 e. The lowest BCUT2D eigenvalue weighted by Gasteiger charge is -2.05. The Labute approximate surface area is 121 Å². The van der Waals surface area contributed by atoms with Gasteiger partial charge in [0.05, 0.1) is 5.69 Å². The van der Waals surface area contributed by atoms with Gasteiger partial charge in [0.15, 0.2) is 5.13 Å². The van der Waals surface area contributed by atoms with Gasteiger partial charge < -0.3 is 5.73 Å². The van der Waals surface area contributed by atoms with Crippen LogP contribution in [0.3, 0.4) is 0 Å². The SMILES string of the molecule is Nc1nc(CC(=O)Cc2cccc3ccccc23)cs1. The molecule has 0 amide bonds. The van der Waals surface area contributed by atoms with Gasteiger partial charge in [0.25, 0.3) is 0 Å². The highest BCUT2D eigenvalue weighted by atomic mass is 32.1. The molecule has 0 atom stereocenters. The van der Waals surface area contributed by atoms with Crippen LogP contribution in [0.2, 0.25) is 0 Å². The smallest absolute Gasteiger partial charge is 0.180 e. The average molecular weight is 282 g/mol. The summed E-state index contributed by atoms with van der Waals surface area (Å²) in [5, 5.41) is 4.66. The molecule has 3 nitrogen and oxygen atoms in total. The van der Waals surface area contributed by atoms with E-state index in [0.29, 0.717) is 18.0 Å². The van der Waals surface area contributed by atoms with E-state index in [9.17, 15) is 4.79 Å². The van der Waals surface area contributed by atoms with Gasteiger partial charge in [0.1, 0.15) is 5.78 Å². The topological polar surface area (TPSA) is 56.0 Å². The van der Waals surface area contributed by atoms with Gasteiger partial charge in [-0.25, -0.2) is 4.98 Å². The van der Waals surface area contributed by atoms with Gasteiger partial charge in [-0.3, -0.25) is 4.79 Å². The molecule has 1 heterocycles. The van der Waals surface area contributed by atoms with Crippen molar-refractivity contribution in [3.05, 3.63) is 59.1 Å². The summed E-state index contributed by atoms with van der Waals surface area (Å²) in [6, 6.07) is 14.2. The molecule has 2 N–H and O–H groups in total. The van der Waals surface area contributed by atoms with Crippen molar-refractivity contribution < 1.29 is 4.79 Å². The molecule has 2 aromatic carbocycles. The van der Waals surface area contributed by atoms with Crippen molar-refractivity contribution in [3.8, 4) is 0 Å². The van der Waals surface area contributed by atoms with Crippen molar-refractivity contribution in [2.45, 2.75) is 12.8 Å². The van der Waals surface area contributed by atoms with Crippen LogP contribution in [0.15, 0.2) is 47.8 Å². The van der Waals surface area contributed by atoms with E-state index in [1.807, 2.05) is 29.6 Å². The number of thiazole rings is 1. The molecule has 3 rings (SSSR count). The van der Waals surface area contributed by atoms with Gasteiger partial charge in [-0.2, -0.15) is 0 Å². The third-order valence-electron chi connectivity index (χ3n) is 3.22. The van der Waals surface area contributed by atoms with Gasteiger partial charge in [-0.05, 0) is 16.3 Å². The summed E-state index contributed by atoms with van der Waals surface area (Å²) in [7, 11) is 0. The number of benzene rings is 2. The predicted octanol–water partition coefficient (Wildman–Crippen LogP) is 3.23. The Morgan fingerprint density at radius 2 is 1.90 bits per heavy atom. The summed E-state index contributed by atoms with van der Waals surface area (Å²) in [5.41, 5.74) is 7.41. The molecular weight excluding hydrogens is 268 g/mol. The predicted molar refractivity (Wildman–Crippen MR) is 82.9 cm³/mol. The number of Topliss-reactive ketones (excluding diaryl/α,β-unsaturated/α-hetero) is 1. The van der Waals surface area contributed by atoms with E-state index in [-0.39, 0.29) is 5.78 Å². The summed E-state index contributed by atoms with van der Waals surface area (Å²) < 4.78 is 0. The highest BCUT2D eigenvalue weighted by Crippen LogP contribution is 2.20. The lowest BCUT2D eigenvalue weighted by molar-refractivity contribution is -0.117. The van der Waals surface area contributed by atoms with Crippen LogP contribution in [0, 0.1) is 0 Å². The van der Waals surface area contributed by atoms with Crippen molar-refractivity contribution >= 4 is 33.0 Å². The Bertz CT molecular complexity index is 759. The van der Waals surface area contributed by atoms with E-state index in [1.54, 1.807) is 0 Å². The number of aromatic nitrogens is 1. The van der Waals surface area contributed by atoms with Crippen LogP contribution in [0.1, 0.15) is 11.3 Å². The molecule has 0 unspecified atom stereocenters. The van der Waals surface area contributed by atoms with Crippen LogP contribution < -0.4 is 5.73 Å². The molecular formula is C16H14N2OS. The lowest BCUT2D eigenvalue weighted by atomic mass is 9.99. The first-order chi connectivity index (χ1) is 9.72. The van der Waals surface area contributed by atoms with E-state index in [4.69, 9.17) is 5.73 Å². The zero-order chi connectivity index (χ0) is 13.9. The number of fused-ring (bicyclic) bond motifs is 1. The Morgan fingerprint density at radius 3 is 2.70 bits per heavy atom. The molecule has 0 radical (unpaired) electrons. The van der Waals surface area contributed by atoms with Crippen molar-refractivity contribution in [1.82, 2.24) is 4.98 Å². The van der Waals surface area contributed by atoms with E-state index >= 15 is 0 Å². The standard InChI is InChI=1S/C16H14N2OS/c17-16-18-13(10-20-16)9-14(19)8-12-6-3-5-11-4-1-2-7-15(11)12/h1-7,10H,8-9H2,(H2,17,18). The quantitative estimate of drug-likeness (QED) is 0.799. The summed E-state index contributed by atoms with van der Waals surface area (Å²) in [4.78, 5) is 16.3. The minimum atomic E-state index is 0.159. The number of carbonyl (C=O) groups excluding carboxylic acids is 1. The molecule has 1 aromatic heterocycles. The number of anilines is 1. The molecule has 0 aliphatic heterocycles. The zero-order valence-electron chi connectivity index (χ0n) is 10.9. The van der Waals surface area contributed by atoms with Gasteiger partial charge in [0.2, 0.25) is 0 Å². The zero-order valence-corrected chi connectivity index (χ0v) is 11.7. The van der Waals surface area contributed by atoms with E-state index in [0.717, 1.165) is 22.0 Å². The fourth-order valence-corrected chi connectivity index (χ4v) is 2.89. The molecule has 0 aliphatic rings. The van der Waals surface area contributed by atoms with Crippen LogP contribution in [0.25, 0.3) is 10.8 Å². The Kier molecular flexibility index (Phi) is 3.48. The number of carbonyl (C=O) groups is 1. The molecule has 0 saturated carbocycles. The van der Waals surface area contributed by atoms with E-state index in [2.05, 4.69) is 23.2 Å². The maximum absolute atomic E-state index is 12.2. The fraction of sp³-hybridized carbons (Fsp3) is 0.125. The third kappa shape index (κ3) is 2.70. The Balaban J connectivity index is 1.81. The molecule has 3 aromatic rings. The molecule has 100 valence electrons. The first-order valence-corrected chi connectivity index (χ1v) is 7.28. The average Bonchev–Trinajstić information content (AvgIpc) is 2.84. The second-order valence-electron chi connectivity index (χ2n) is 4.71. The fourth-order valence-electron chi connectivity index (χ4n) is 2.33. The molecule has 0 bridgehead atoms. The van der Waals surface area contributed by atoms with Crippen LogP contribution >= 0.6 is 11.3 Å². The summed E-state index contributed by atoms with van der Waals surface area (Å²) in [6.07, 6.45) is 0.774.